The third-order valence-corrected chi connectivity index (χ3v) is 2.98. The zero-order valence-electron chi connectivity index (χ0n) is 11.3. The van der Waals surface area contributed by atoms with Crippen LogP contribution in [0.25, 0.3) is 0 Å². The van der Waals surface area contributed by atoms with Crippen molar-refractivity contribution in [3.05, 3.63) is 29.8 Å². The standard InChI is InChI=1S/C14H24N2O/c1-11(2)16(10-12(3)17-4)14-7-5-13(9-15)6-8-14/h5-8,11-12H,9-10,15H2,1-4H3. The van der Waals surface area contributed by atoms with Gasteiger partial charge in [0.15, 0.2) is 0 Å². The third-order valence-electron chi connectivity index (χ3n) is 2.98. The number of anilines is 1. The molecular formula is C14H24N2O. The second kappa shape index (κ2) is 6.62. The van der Waals surface area contributed by atoms with E-state index >= 15 is 0 Å². The molecule has 0 radical (unpaired) electrons. The van der Waals surface area contributed by atoms with Gasteiger partial charge < -0.3 is 15.4 Å². The molecule has 1 unspecified atom stereocenters. The van der Waals surface area contributed by atoms with Crippen molar-refractivity contribution in [1.82, 2.24) is 0 Å². The lowest BCUT2D eigenvalue weighted by Gasteiger charge is -2.31. The molecule has 0 saturated carbocycles. The summed E-state index contributed by atoms with van der Waals surface area (Å²) in [4.78, 5) is 2.34. The summed E-state index contributed by atoms with van der Waals surface area (Å²) in [5.41, 5.74) is 7.99. The average molecular weight is 236 g/mol. The van der Waals surface area contributed by atoms with E-state index in [9.17, 15) is 0 Å². The van der Waals surface area contributed by atoms with Crippen molar-refractivity contribution in [2.24, 2.45) is 5.73 Å². The lowest BCUT2D eigenvalue weighted by Crippen LogP contribution is -2.37. The van der Waals surface area contributed by atoms with E-state index in [1.54, 1.807) is 7.11 Å². The summed E-state index contributed by atoms with van der Waals surface area (Å²) >= 11 is 0. The Kier molecular flexibility index (Phi) is 5.45. The molecule has 0 amide bonds. The van der Waals surface area contributed by atoms with Gasteiger partial charge in [-0.1, -0.05) is 12.1 Å². The fraction of sp³-hybridized carbons (Fsp3) is 0.571. The van der Waals surface area contributed by atoms with Gasteiger partial charge in [-0.2, -0.15) is 0 Å². The third kappa shape index (κ3) is 4.02. The summed E-state index contributed by atoms with van der Waals surface area (Å²) in [5, 5.41) is 0. The Morgan fingerprint density at radius 3 is 2.18 bits per heavy atom. The normalized spacial score (nSPS) is 12.8. The van der Waals surface area contributed by atoms with Crippen LogP contribution >= 0.6 is 0 Å². The van der Waals surface area contributed by atoms with E-state index in [0.29, 0.717) is 12.6 Å². The van der Waals surface area contributed by atoms with Gasteiger partial charge in [-0.15, -0.1) is 0 Å². The maximum absolute atomic E-state index is 5.60. The molecular weight excluding hydrogens is 212 g/mol. The Bertz CT molecular complexity index is 321. The first-order valence-corrected chi connectivity index (χ1v) is 6.17. The van der Waals surface area contributed by atoms with E-state index in [0.717, 1.165) is 12.1 Å². The highest BCUT2D eigenvalue weighted by molar-refractivity contribution is 5.48. The van der Waals surface area contributed by atoms with Gasteiger partial charge in [0.25, 0.3) is 0 Å². The van der Waals surface area contributed by atoms with Crippen molar-refractivity contribution in [2.75, 3.05) is 18.6 Å². The van der Waals surface area contributed by atoms with Crippen LogP contribution in [0.1, 0.15) is 26.3 Å². The Balaban J connectivity index is 2.81. The molecule has 1 aromatic rings. The van der Waals surface area contributed by atoms with Crippen molar-refractivity contribution in [2.45, 2.75) is 39.5 Å². The van der Waals surface area contributed by atoms with Crippen LogP contribution in [0.3, 0.4) is 0 Å². The average Bonchev–Trinajstić information content (AvgIpc) is 2.35. The van der Waals surface area contributed by atoms with E-state index in [-0.39, 0.29) is 6.10 Å². The summed E-state index contributed by atoms with van der Waals surface area (Å²) in [6.45, 7) is 7.97. The van der Waals surface area contributed by atoms with Gasteiger partial charge in [-0.3, -0.25) is 0 Å². The molecule has 2 N–H and O–H groups in total. The first-order chi connectivity index (χ1) is 8.08. The van der Waals surface area contributed by atoms with E-state index in [2.05, 4.69) is 49.9 Å². The van der Waals surface area contributed by atoms with E-state index in [1.807, 2.05) is 0 Å². The predicted octanol–water partition coefficient (Wildman–Crippen LogP) is 2.40. The zero-order chi connectivity index (χ0) is 12.8. The Labute approximate surface area is 105 Å². The van der Waals surface area contributed by atoms with Crippen LogP contribution in [0.15, 0.2) is 24.3 Å². The Morgan fingerprint density at radius 1 is 1.18 bits per heavy atom. The Hall–Kier alpha value is -1.06. The van der Waals surface area contributed by atoms with Gasteiger partial charge >= 0.3 is 0 Å². The molecule has 17 heavy (non-hydrogen) atoms. The smallest absolute Gasteiger partial charge is 0.0718 e. The van der Waals surface area contributed by atoms with Crippen molar-refractivity contribution >= 4 is 5.69 Å². The van der Waals surface area contributed by atoms with Crippen molar-refractivity contribution in [3.63, 3.8) is 0 Å². The predicted molar refractivity (Wildman–Crippen MR) is 73.3 cm³/mol. The number of nitrogens with zero attached hydrogens (tertiary/aromatic N) is 1. The number of rotatable bonds is 6. The number of hydrogen-bond acceptors (Lipinski definition) is 3. The molecule has 1 rings (SSSR count). The molecule has 0 aliphatic carbocycles. The fourth-order valence-corrected chi connectivity index (χ4v) is 1.79. The highest BCUT2D eigenvalue weighted by Gasteiger charge is 2.13. The number of methoxy groups -OCH3 is 1. The second-order valence-electron chi connectivity index (χ2n) is 4.66. The minimum Gasteiger partial charge on any atom is -0.380 e. The van der Waals surface area contributed by atoms with E-state index in [1.165, 1.54) is 5.69 Å². The SMILES string of the molecule is COC(C)CN(c1ccc(CN)cc1)C(C)C. The van der Waals surface area contributed by atoms with Crippen LogP contribution in [0.4, 0.5) is 5.69 Å². The first kappa shape index (κ1) is 14.0. The summed E-state index contributed by atoms with van der Waals surface area (Å²) in [6.07, 6.45) is 0.228. The molecule has 3 heteroatoms. The molecule has 1 atom stereocenters. The molecule has 0 aromatic heterocycles. The summed E-state index contributed by atoms with van der Waals surface area (Å²) < 4.78 is 5.34. The molecule has 3 nitrogen and oxygen atoms in total. The second-order valence-corrected chi connectivity index (χ2v) is 4.66. The number of nitrogens with two attached hydrogens (primary N) is 1. The van der Waals surface area contributed by atoms with Gasteiger partial charge in [0.2, 0.25) is 0 Å². The van der Waals surface area contributed by atoms with Crippen LogP contribution < -0.4 is 10.6 Å². The lowest BCUT2D eigenvalue weighted by molar-refractivity contribution is 0.122. The van der Waals surface area contributed by atoms with Gasteiger partial charge in [-0.05, 0) is 38.5 Å². The zero-order valence-corrected chi connectivity index (χ0v) is 11.3. The number of hydrogen-bond donors (Lipinski definition) is 1. The molecule has 0 heterocycles. The minimum atomic E-state index is 0.228. The minimum absolute atomic E-state index is 0.228. The number of ether oxygens (including phenoxy) is 1. The molecule has 96 valence electrons. The van der Waals surface area contributed by atoms with Crippen LogP contribution in [0.2, 0.25) is 0 Å². The molecule has 0 bridgehead atoms. The maximum Gasteiger partial charge on any atom is 0.0718 e. The highest BCUT2D eigenvalue weighted by Crippen LogP contribution is 2.18. The largest absolute Gasteiger partial charge is 0.380 e. The van der Waals surface area contributed by atoms with Crippen LogP contribution in [0, 0.1) is 0 Å². The Morgan fingerprint density at radius 2 is 1.76 bits per heavy atom. The lowest BCUT2D eigenvalue weighted by atomic mass is 10.1. The van der Waals surface area contributed by atoms with Crippen LogP contribution in [-0.4, -0.2) is 25.8 Å². The molecule has 1 aromatic carbocycles. The summed E-state index contributed by atoms with van der Waals surface area (Å²) in [5.74, 6) is 0. The molecule has 0 fully saturated rings. The molecule has 0 saturated heterocycles. The quantitative estimate of drug-likeness (QED) is 0.824. The van der Waals surface area contributed by atoms with Gasteiger partial charge in [0.1, 0.15) is 0 Å². The van der Waals surface area contributed by atoms with Gasteiger partial charge in [-0.25, -0.2) is 0 Å². The highest BCUT2D eigenvalue weighted by atomic mass is 16.5. The monoisotopic (exact) mass is 236 g/mol. The first-order valence-electron chi connectivity index (χ1n) is 6.17. The van der Waals surface area contributed by atoms with Gasteiger partial charge in [0.05, 0.1) is 6.10 Å². The molecule has 0 aliphatic rings. The van der Waals surface area contributed by atoms with Crippen molar-refractivity contribution in [3.8, 4) is 0 Å². The maximum atomic E-state index is 5.60. The van der Waals surface area contributed by atoms with E-state index in [4.69, 9.17) is 10.5 Å². The number of benzene rings is 1. The topological polar surface area (TPSA) is 38.5 Å². The van der Waals surface area contributed by atoms with Crippen molar-refractivity contribution in [1.29, 1.82) is 0 Å². The van der Waals surface area contributed by atoms with Crippen molar-refractivity contribution < 1.29 is 4.74 Å². The summed E-state index contributed by atoms with van der Waals surface area (Å²) in [7, 11) is 1.75. The fourth-order valence-electron chi connectivity index (χ4n) is 1.79. The molecule has 0 spiro atoms. The van der Waals surface area contributed by atoms with Crippen LogP contribution in [0.5, 0.6) is 0 Å². The molecule has 0 aliphatic heterocycles. The van der Waals surface area contributed by atoms with E-state index < -0.39 is 0 Å². The van der Waals surface area contributed by atoms with Gasteiger partial charge in [0, 0.05) is 31.9 Å². The van der Waals surface area contributed by atoms with Crippen LogP contribution in [-0.2, 0) is 11.3 Å². The summed E-state index contributed by atoms with van der Waals surface area (Å²) in [6, 6.07) is 8.89.